The van der Waals surface area contributed by atoms with Crippen molar-refractivity contribution in [2.45, 2.75) is 31.0 Å². The second-order valence-electron chi connectivity index (χ2n) is 4.57. The highest BCUT2D eigenvalue weighted by Crippen LogP contribution is 2.33. The van der Waals surface area contributed by atoms with Crippen LogP contribution in [0.25, 0.3) is 0 Å². The van der Waals surface area contributed by atoms with Crippen LogP contribution >= 0.6 is 12.2 Å². The summed E-state index contributed by atoms with van der Waals surface area (Å²) in [5.41, 5.74) is 0.365. The predicted molar refractivity (Wildman–Crippen MR) is 68.2 cm³/mol. The standard InChI is InChI=1S/C10H13FN4O4S/c11-9-12-3-1-15(10(20)14-7(3)13-9)8-6(18)5(17)4(2-16)19-8/h1,4-6,8-9,12,16-18H,2H2,(H,13,14,20). The van der Waals surface area contributed by atoms with Crippen molar-refractivity contribution >= 4 is 23.7 Å². The fraction of sp³-hybridized carbons (Fsp3) is 0.600. The van der Waals surface area contributed by atoms with Gasteiger partial charge in [0.05, 0.1) is 12.3 Å². The van der Waals surface area contributed by atoms with Crippen LogP contribution in [0.4, 0.5) is 15.9 Å². The third-order valence-electron chi connectivity index (χ3n) is 3.29. The van der Waals surface area contributed by atoms with Gasteiger partial charge in [0.2, 0.25) is 11.2 Å². The molecule has 0 bridgehead atoms. The Balaban J connectivity index is 1.96. The molecule has 0 amide bonds. The van der Waals surface area contributed by atoms with E-state index in [2.05, 4.69) is 15.6 Å². The van der Waals surface area contributed by atoms with Crippen LogP contribution < -0.4 is 10.6 Å². The van der Waals surface area contributed by atoms with E-state index < -0.39 is 37.6 Å². The van der Waals surface area contributed by atoms with Crippen LogP contribution in [0.5, 0.6) is 0 Å². The molecule has 110 valence electrons. The van der Waals surface area contributed by atoms with E-state index in [1.54, 1.807) is 0 Å². The summed E-state index contributed by atoms with van der Waals surface area (Å²) in [4.78, 5) is 3.99. The minimum Gasteiger partial charge on any atom is -0.394 e. The highest BCUT2D eigenvalue weighted by molar-refractivity contribution is 7.71. The number of hydrogen-bond donors (Lipinski definition) is 5. The van der Waals surface area contributed by atoms with Crippen LogP contribution in [-0.2, 0) is 4.74 Å². The Morgan fingerprint density at radius 2 is 2.15 bits per heavy atom. The van der Waals surface area contributed by atoms with Crippen molar-refractivity contribution in [3.05, 3.63) is 11.0 Å². The summed E-state index contributed by atoms with van der Waals surface area (Å²) in [6.45, 7) is -0.438. The Bertz CT molecular complexity index is 585. The normalized spacial score (nSPS) is 35.5. The van der Waals surface area contributed by atoms with E-state index in [-0.39, 0.29) is 10.6 Å². The molecule has 0 spiro atoms. The van der Waals surface area contributed by atoms with E-state index in [1.165, 1.54) is 10.8 Å². The molecule has 0 saturated carbocycles. The van der Waals surface area contributed by atoms with Crippen LogP contribution in [0, 0.1) is 4.77 Å². The maximum absolute atomic E-state index is 13.2. The summed E-state index contributed by atoms with van der Waals surface area (Å²) in [7, 11) is 0. The predicted octanol–water partition coefficient (Wildman–Crippen LogP) is -0.685. The van der Waals surface area contributed by atoms with Crippen molar-refractivity contribution in [2.24, 2.45) is 0 Å². The molecule has 1 fully saturated rings. The van der Waals surface area contributed by atoms with Crippen LogP contribution in [0.2, 0.25) is 0 Å². The summed E-state index contributed by atoms with van der Waals surface area (Å²) >= 11 is 5.06. The number of hydrogen-bond acceptors (Lipinski definition) is 8. The van der Waals surface area contributed by atoms with E-state index in [1.807, 2.05) is 0 Å². The molecule has 5 N–H and O–H groups in total. The lowest BCUT2D eigenvalue weighted by Crippen LogP contribution is -2.33. The number of aliphatic hydroxyl groups is 3. The highest BCUT2D eigenvalue weighted by Gasteiger charge is 2.43. The van der Waals surface area contributed by atoms with Gasteiger partial charge in [-0.1, -0.05) is 0 Å². The van der Waals surface area contributed by atoms with Crippen molar-refractivity contribution in [3.63, 3.8) is 0 Å². The lowest BCUT2D eigenvalue weighted by molar-refractivity contribution is -0.0539. The second kappa shape index (κ2) is 4.90. The fourth-order valence-electron chi connectivity index (χ4n) is 2.27. The summed E-state index contributed by atoms with van der Waals surface area (Å²) in [6.07, 6.45) is -4.43. The van der Waals surface area contributed by atoms with Gasteiger partial charge in [-0.15, -0.1) is 0 Å². The first-order chi connectivity index (χ1) is 9.51. The van der Waals surface area contributed by atoms with Crippen molar-refractivity contribution in [1.29, 1.82) is 0 Å². The lowest BCUT2D eigenvalue weighted by Gasteiger charge is -2.18. The molecular weight excluding hydrogens is 291 g/mol. The molecule has 10 heteroatoms. The Morgan fingerprint density at radius 3 is 2.80 bits per heavy atom. The zero-order valence-electron chi connectivity index (χ0n) is 10.1. The van der Waals surface area contributed by atoms with Crippen molar-refractivity contribution in [2.75, 3.05) is 17.2 Å². The molecule has 3 heterocycles. The van der Waals surface area contributed by atoms with Gasteiger partial charge >= 0.3 is 0 Å². The maximum Gasteiger partial charge on any atom is 0.246 e. The Hall–Kier alpha value is -1.33. The molecule has 0 radical (unpaired) electrons. The number of aromatic nitrogens is 2. The Labute approximate surface area is 117 Å². The number of anilines is 2. The zero-order valence-corrected chi connectivity index (χ0v) is 10.9. The number of nitrogens with one attached hydrogen (secondary N) is 2. The van der Waals surface area contributed by atoms with E-state index in [0.717, 1.165) is 0 Å². The number of halogens is 1. The Morgan fingerprint density at radius 1 is 1.40 bits per heavy atom. The average molecular weight is 304 g/mol. The Kier molecular flexibility index (Phi) is 3.34. The van der Waals surface area contributed by atoms with Gasteiger partial charge in [0, 0.05) is 6.20 Å². The first-order valence-electron chi connectivity index (χ1n) is 5.94. The minimum atomic E-state index is -1.46. The van der Waals surface area contributed by atoms with Crippen molar-refractivity contribution in [3.8, 4) is 0 Å². The molecular formula is C10H13FN4O4S. The molecule has 0 aliphatic carbocycles. The molecule has 5 unspecified atom stereocenters. The van der Waals surface area contributed by atoms with E-state index in [9.17, 15) is 14.6 Å². The number of aliphatic hydroxyl groups excluding tert-OH is 3. The molecule has 8 nitrogen and oxygen atoms in total. The monoisotopic (exact) mass is 304 g/mol. The molecule has 2 aliphatic rings. The van der Waals surface area contributed by atoms with E-state index in [4.69, 9.17) is 22.1 Å². The summed E-state index contributed by atoms with van der Waals surface area (Å²) < 4.78 is 19.9. The number of rotatable bonds is 2. The molecule has 20 heavy (non-hydrogen) atoms. The van der Waals surface area contributed by atoms with Gasteiger partial charge in [-0.2, -0.15) is 4.39 Å². The summed E-state index contributed by atoms with van der Waals surface area (Å²) in [5.74, 6) is 0.269. The number of fused-ring (bicyclic) bond motifs is 1. The number of alkyl halides is 1. The second-order valence-corrected chi connectivity index (χ2v) is 4.94. The first-order valence-corrected chi connectivity index (χ1v) is 6.35. The SMILES string of the molecule is OCC1OC(n2cc3c(nc2=S)NC(F)N3)C(O)C1O. The average Bonchev–Trinajstić information content (AvgIpc) is 2.89. The molecule has 2 aliphatic heterocycles. The third-order valence-corrected chi connectivity index (χ3v) is 3.59. The van der Waals surface area contributed by atoms with Crippen LogP contribution in [-0.4, -0.2) is 56.2 Å². The molecule has 5 atom stereocenters. The molecule has 1 saturated heterocycles. The fourth-order valence-corrected chi connectivity index (χ4v) is 2.52. The van der Waals surface area contributed by atoms with Crippen molar-refractivity contribution < 1.29 is 24.4 Å². The molecule has 1 aromatic heterocycles. The smallest absolute Gasteiger partial charge is 0.246 e. The van der Waals surface area contributed by atoms with Crippen LogP contribution in [0.15, 0.2) is 6.20 Å². The van der Waals surface area contributed by atoms with Gasteiger partial charge in [0.25, 0.3) is 0 Å². The minimum absolute atomic E-state index is 0.0574. The zero-order chi connectivity index (χ0) is 14.4. The third kappa shape index (κ3) is 2.05. The van der Waals surface area contributed by atoms with Crippen LogP contribution in [0.1, 0.15) is 6.23 Å². The van der Waals surface area contributed by atoms with Gasteiger partial charge in [0.1, 0.15) is 18.3 Å². The molecule has 0 aromatic carbocycles. The maximum atomic E-state index is 13.2. The first kappa shape index (κ1) is 13.6. The van der Waals surface area contributed by atoms with Gasteiger partial charge in [-0.3, -0.25) is 4.57 Å². The van der Waals surface area contributed by atoms with E-state index >= 15 is 0 Å². The number of nitrogens with zero attached hydrogens (tertiary/aromatic N) is 2. The molecule has 1 aromatic rings. The quantitative estimate of drug-likeness (QED) is 0.361. The summed E-state index contributed by atoms with van der Waals surface area (Å²) in [6, 6.07) is 0. The van der Waals surface area contributed by atoms with Crippen LogP contribution in [0.3, 0.4) is 0 Å². The van der Waals surface area contributed by atoms with Gasteiger partial charge in [-0.05, 0) is 12.2 Å². The molecule has 3 rings (SSSR count). The highest BCUT2D eigenvalue weighted by atomic mass is 32.1. The largest absolute Gasteiger partial charge is 0.394 e. The van der Waals surface area contributed by atoms with Gasteiger partial charge in [0.15, 0.2) is 12.0 Å². The lowest BCUT2D eigenvalue weighted by atomic mass is 10.1. The summed E-state index contributed by atoms with van der Waals surface area (Å²) in [5, 5.41) is 33.6. The topological polar surface area (TPSA) is 112 Å². The van der Waals surface area contributed by atoms with Crippen molar-refractivity contribution in [1.82, 2.24) is 9.55 Å². The van der Waals surface area contributed by atoms with Gasteiger partial charge in [-0.25, -0.2) is 4.98 Å². The number of ether oxygens (including phenoxy) is 1. The van der Waals surface area contributed by atoms with Gasteiger partial charge < -0.3 is 30.7 Å². The van der Waals surface area contributed by atoms with E-state index in [0.29, 0.717) is 5.69 Å².